The summed E-state index contributed by atoms with van der Waals surface area (Å²) in [7, 11) is 0. The molecule has 0 aliphatic carbocycles. The summed E-state index contributed by atoms with van der Waals surface area (Å²) in [5.41, 5.74) is 3.43. The number of alkyl halides is 1. The van der Waals surface area contributed by atoms with E-state index in [4.69, 9.17) is 0 Å². The zero-order valence-electron chi connectivity index (χ0n) is 11.5. The maximum atomic E-state index is 12.4. The van der Waals surface area contributed by atoms with E-state index in [0.717, 1.165) is 23.5 Å². The second kappa shape index (κ2) is 6.02. The fraction of sp³-hybridized carbons (Fsp3) is 0.267. The maximum absolute atomic E-state index is 12.4. The van der Waals surface area contributed by atoms with Gasteiger partial charge in [0, 0.05) is 36.2 Å². The van der Waals surface area contributed by atoms with Gasteiger partial charge in [0.05, 0.1) is 5.69 Å². The van der Waals surface area contributed by atoms with Gasteiger partial charge < -0.3 is 0 Å². The summed E-state index contributed by atoms with van der Waals surface area (Å²) >= 11 is 1.30. The Labute approximate surface area is 125 Å². The number of aryl methyl sites for hydroxylation is 2. The van der Waals surface area contributed by atoms with E-state index < -0.39 is 6.67 Å². The van der Waals surface area contributed by atoms with Crippen LogP contribution in [-0.2, 0) is 13.1 Å². The molecule has 0 unspecified atom stereocenters. The van der Waals surface area contributed by atoms with Crippen LogP contribution in [0.3, 0.4) is 0 Å². The molecule has 3 aromatic rings. The van der Waals surface area contributed by atoms with E-state index in [-0.39, 0.29) is 0 Å². The smallest absolute Gasteiger partial charge is 0.155 e. The first-order chi connectivity index (χ1) is 10.2. The highest BCUT2D eigenvalue weighted by molar-refractivity contribution is 7.09. The highest BCUT2D eigenvalue weighted by Crippen LogP contribution is 2.10. The summed E-state index contributed by atoms with van der Waals surface area (Å²) < 4.78 is 14.1. The van der Waals surface area contributed by atoms with E-state index in [1.165, 1.54) is 11.3 Å². The van der Waals surface area contributed by atoms with Gasteiger partial charge in [-0.2, -0.15) is 5.10 Å². The number of hydrogen-bond donors (Lipinski definition) is 0. The van der Waals surface area contributed by atoms with E-state index in [2.05, 4.69) is 26.9 Å². The van der Waals surface area contributed by atoms with Gasteiger partial charge in [-0.05, 0) is 18.9 Å². The summed E-state index contributed by atoms with van der Waals surface area (Å²) in [6.45, 7) is 1.42. The Morgan fingerprint density at radius 1 is 1.38 bits per heavy atom. The van der Waals surface area contributed by atoms with Crippen molar-refractivity contribution in [1.82, 2.24) is 19.6 Å². The lowest BCUT2D eigenvalue weighted by atomic mass is 10.2. The monoisotopic (exact) mass is 300 g/mol. The standard InChI is InChI=1S/C15H13FN4S/c1-11-8-14-17-12(6-7-20(14)19-11)4-2-3-5-13-10-21-15(9-16)18-13/h6-8,10H,2,4,9H2,1H3. The maximum Gasteiger partial charge on any atom is 0.155 e. The number of nitrogens with zero attached hydrogens (tertiary/aromatic N) is 4. The molecule has 4 nitrogen and oxygen atoms in total. The van der Waals surface area contributed by atoms with E-state index in [1.807, 2.05) is 25.3 Å². The number of aromatic nitrogens is 4. The van der Waals surface area contributed by atoms with Crippen molar-refractivity contribution in [3.63, 3.8) is 0 Å². The van der Waals surface area contributed by atoms with Gasteiger partial charge in [-0.25, -0.2) is 18.9 Å². The van der Waals surface area contributed by atoms with Crippen molar-refractivity contribution in [2.24, 2.45) is 0 Å². The minimum absolute atomic E-state index is 0.475. The highest BCUT2D eigenvalue weighted by atomic mass is 32.1. The third-order valence-corrected chi connectivity index (χ3v) is 3.71. The zero-order chi connectivity index (χ0) is 14.7. The minimum Gasteiger partial charge on any atom is -0.243 e. The normalized spacial score (nSPS) is 10.6. The predicted octanol–water partition coefficient (Wildman–Crippen LogP) is 2.95. The fourth-order valence-electron chi connectivity index (χ4n) is 1.95. The van der Waals surface area contributed by atoms with E-state index in [9.17, 15) is 4.39 Å². The van der Waals surface area contributed by atoms with E-state index in [0.29, 0.717) is 17.1 Å². The molecule has 0 aromatic carbocycles. The SMILES string of the molecule is Cc1cc2nc(CCC#Cc3csc(CF)n3)ccn2n1. The largest absolute Gasteiger partial charge is 0.243 e. The molecule has 0 N–H and O–H groups in total. The average Bonchev–Trinajstić information content (AvgIpc) is 3.08. The molecule has 3 aromatic heterocycles. The van der Waals surface area contributed by atoms with Crippen LogP contribution >= 0.6 is 11.3 Å². The Kier molecular flexibility index (Phi) is 3.93. The first kappa shape index (κ1) is 13.7. The van der Waals surface area contributed by atoms with Crippen LogP contribution in [0.2, 0.25) is 0 Å². The van der Waals surface area contributed by atoms with E-state index >= 15 is 0 Å². The molecule has 106 valence electrons. The Balaban J connectivity index is 1.63. The van der Waals surface area contributed by atoms with Crippen LogP contribution < -0.4 is 0 Å². The first-order valence-electron chi connectivity index (χ1n) is 6.56. The lowest BCUT2D eigenvalue weighted by Crippen LogP contribution is -1.94. The van der Waals surface area contributed by atoms with Crippen LogP contribution in [0.5, 0.6) is 0 Å². The van der Waals surface area contributed by atoms with Crippen molar-refractivity contribution in [2.75, 3.05) is 0 Å². The molecule has 3 rings (SSSR count). The van der Waals surface area contributed by atoms with Crippen LogP contribution in [-0.4, -0.2) is 19.6 Å². The minimum atomic E-state index is -0.527. The van der Waals surface area contributed by atoms with Crippen molar-refractivity contribution >= 4 is 17.0 Å². The summed E-state index contributed by atoms with van der Waals surface area (Å²) in [4.78, 5) is 8.59. The molecule has 0 bridgehead atoms. The van der Waals surface area contributed by atoms with Crippen molar-refractivity contribution in [1.29, 1.82) is 0 Å². The second-order valence-corrected chi connectivity index (χ2v) is 5.51. The molecule has 0 saturated heterocycles. The molecular formula is C15H13FN4S. The van der Waals surface area contributed by atoms with Crippen LogP contribution in [0.4, 0.5) is 4.39 Å². The van der Waals surface area contributed by atoms with Gasteiger partial charge in [0.15, 0.2) is 5.65 Å². The first-order valence-corrected chi connectivity index (χ1v) is 7.44. The Morgan fingerprint density at radius 3 is 3.10 bits per heavy atom. The summed E-state index contributed by atoms with van der Waals surface area (Å²) in [6, 6.07) is 3.90. The summed E-state index contributed by atoms with van der Waals surface area (Å²) in [5.74, 6) is 6.00. The molecule has 0 radical (unpaired) electrons. The number of thiazole rings is 1. The average molecular weight is 300 g/mol. The van der Waals surface area contributed by atoms with Gasteiger partial charge >= 0.3 is 0 Å². The van der Waals surface area contributed by atoms with E-state index in [1.54, 1.807) is 9.90 Å². The van der Waals surface area contributed by atoms with Gasteiger partial charge in [-0.15, -0.1) is 11.3 Å². The van der Waals surface area contributed by atoms with Crippen molar-refractivity contribution in [3.8, 4) is 11.8 Å². The van der Waals surface area contributed by atoms with Crippen molar-refractivity contribution in [3.05, 3.63) is 45.8 Å². The number of halogens is 1. The Hall–Kier alpha value is -2.26. The zero-order valence-corrected chi connectivity index (χ0v) is 12.3. The van der Waals surface area contributed by atoms with Gasteiger partial charge in [0.1, 0.15) is 17.4 Å². The highest BCUT2D eigenvalue weighted by Gasteiger charge is 2.01. The van der Waals surface area contributed by atoms with Gasteiger partial charge in [0.25, 0.3) is 0 Å². The van der Waals surface area contributed by atoms with Crippen LogP contribution in [0.1, 0.15) is 28.5 Å². The second-order valence-electron chi connectivity index (χ2n) is 4.57. The molecule has 0 fully saturated rings. The van der Waals surface area contributed by atoms with Crippen LogP contribution in [0.25, 0.3) is 5.65 Å². The summed E-state index contributed by atoms with van der Waals surface area (Å²) in [5, 5.41) is 6.54. The van der Waals surface area contributed by atoms with Crippen LogP contribution in [0.15, 0.2) is 23.7 Å². The molecule has 0 saturated carbocycles. The third kappa shape index (κ3) is 3.26. The molecule has 0 spiro atoms. The lowest BCUT2D eigenvalue weighted by Gasteiger charge is -1.97. The Bertz CT molecular complexity index is 825. The predicted molar refractivity (Wildman–Crippen MR) is 79.8 cm³/mol. The number of fused-ring (bicyclic) bond motifs is 1. The Morgan fingerprint density at radius 2 is 2.29 bits per heavy atom. The van der Waals surface area contributed by atoms with Gasteiger partial charge in [0.2, 0.25) is 0 Å². The molecule has 3 heterocycles. The van der Waals surface area contributed by atoms with Crippen molar-refractivity contribution < 1.29 is 4.39 Å². The quantitative estimate of drug-likeness (QED) is 0.698. The fourth-order valence-corrected chi connectivity index (χ4v) is 2.52. The van der Waals surface area contributed by atoms with Crippen LogP contribution in [0, 0.1) is 18.8 Å². The molecule has 6 heteroatoms. The number of hydrogen-bond acceptors (Lipinski definition) is 4. The molecular weight excluding hydrogens is 287 g/mol. The molecule has 0 aliphatic heterocycles. The molecule has 0 amide bonds. The number of rotatable bonds is 3. The molecule has 21 heavy (non-hydrogen) atoms. The third-order valence-electron chi connectivity index (χ3n) is 2.89. The van der Waals surface area contributed by atoms with Gasteiger partial charge in [-0.1, -0.05) is 5.92 Å². The topological polar surface area (TPSA) is 43.1 Å². The summed E-state index contributed by atoms with van der Waals surface area (Å²) in [6.07, 6.45) is 3.37. The lowest BCUT2D eigenvalue weighted by molar-refractivity contribution is 0.483. The van der Waals surface area contributed by atoms with Crippen molar-refractivity contribution in [2.45, 2.75) is 26.4 Å². The molecule has 0 atom stereocenters. The molecule has 0 aliphatic rings. The van der Waals surface area contributed by atoms with Gasteiger partial charge in [-0.3, -0.25) is 0 Å².